The molecule has 4 aromatic carbocycles. The van der Waals surface area contributed by atoms with Crippen LogP contribution in [0.3, 0.4) is 0 Å². The van der Waals surface area contributed by atoms with Crippen molar-refractivity contribution in [2.75, 3.05) is 13.7 Å². The van der Waals surface area contributed by atoms with E-state index in [-0.39, 0.29) is 18.7 Å². The summed E-state index contributed by atoms with van der Waals surface area (Å²) in [5.74, 6) is -0.0884. The maximum absolute atomic E-state index is 13.6. The van der Waals surface area contributed by atoms with Crippen LogP contribution in [0.25, 0.3) is 10.8 Å². The summed E-state index contributed by atoms with van der Waals surface area (Å²) in [7, 11) is 1.62. The second kappa shape index (κ2) is 12.3. The quantitative estimate of drug-likeness (QED) is 0.220. The molecule has 4 nitrogen and oxygen atoms in total. The van der Waals surface area contributed by atoms with Gasteiger partial charge >= 0.3 is 12.4 Å². The van der Waals surface area contributed by atoms with Gasteiger partial charge in [-0.25, -0.2) is 0 Å². The average Bonchev–Trinajstić information content (AvgIpc) is 2.99. The van der Waals surface area contributed by atoms with Crippen molar-refractivity contribution in [2.24, 2.45) is 0 Å². The van der Waals surface area contributed by atoms with Crippen molar-refractivity contribution in [1.82, 2.24) is 10.2 Å². The molecule has 5 rings (SSSR count). The smallest absolute Gasteiger partial charge is 0.416 e. The summed E-state index contributed by atoms with van der Waals surface area (Å²) >= 11 is 0. The van der Waals surface area contributed by atoms with E-state index in [0.717, 1.165) is 27.6 Å². The van der Waals surface area contributed by atoms with Crippen molar-refractivity contribution in [3.05, 3.63) is 113 Å². The van der Waals surface area contributed by atoms with Crippen LogP contribution in [0.2, 0.25) is 0 Å². The Labute approximate surface area is 245 Å². The van der Waals surface area contributed by atoms with Gasteiger partial charge < -0.3 is 15.0 Å². The summed E-state index contributed by atoms with van der Waals surface area (Å²) in [5, 5.41) is 5.58. The average molecular weight is 601 g/mol. The van der Waals surface area contributed by atoms with E-state index in [1.54, 1.807) is 7.11 Å². The van der Waals surface area contributed by atoms with Crippen LogP contribution in [0.1, 0.15) is 45.5 Å². The Bertz CT molecular complexity index is 1550. The third-order valence-electron chi connectivity index (χ3n) is 7.90. The molecule has 0 radical (unpaired) electrons. The van der Waals surface area contributed by atoms with E-state index in [9.17, 15) is 31.1 Å². The second-order valence-corrected chi connectivity index (χ2v) is 10.7. The number of nitrogens with one attached hydrogen (secondary N) is 1. The maximum Gasteiger partial charge on any atom is 0.416 e. The molecule has 1 amide bonds. The molecule has 4 aromatic rings. The molecule has 1 fully saturated rings. The number of carbonyl (C=O) groups excluding carboxylic acids is 1. The van der Waals surface area contributed by atoms with Gasteiger partial charge in [-0.3, -0.25) is 4.79 Å². The molecular formula is C33H30F6N2O2. The van der Waals surface area contributed by atoms with Gasteiger partial charge in [-0.2, -0.15) is 26.3 Å². The summed E-state index contributed by atoms with van der Waals surface area (Å²) in [6.07, 6.45) is -8.72. The lowest BCUT2D eigenvalue weighted by molar-refractivity contribution is -0.143. The lowest BCUT2D eigenvalue weighted by atomic mass is 9.91. The van der Waals surface area contributed by atoms with E-state index in [0.29, 0.717) is 37.9 Å². The van der Waals surface area contributed by atoms with Crippen molar-refractivity contribution < 1.29 is 35.9 Å². The first-order chi connectivity index (χ1) is 20.4. The number of amides is 1. The Kier molecular flexibility index (Phi) is 8.69. The third-order valence-corrected chi connectivity index (χ3v) is 7.90. The van der Waals surface area contributed by atoms with E-state index in [4.69, 9.17) is 4.74 Å². The van der Waals surface area contributed by atoms with Gasteiger partial charge in [0.2, 0.25) is 0 Å². The number of hydrogen-bond acceptors (Lipinski definition) is 3. The summed E-state index contributed by atoms with van der Waals surface area (Å²) in [4.78, 5) is 15.0. The first kappa shape index (κ1) is 30.4. The van der Waals surface area contributed by atoms with Gasteiger partial charge in [0.25, 0.3) is 5.91 Å². The highest BCUT2D eigenvalue weighted by atomic mass is 19.4. The fourth-order valence-corrected chi connectivity index (χ4v) is 5.75. The number of benzene rings is 4. The molecule has 0 unspecified atom stereocenters. The highest BCUT2D eigenvalue weighted by Gasteiger charge is 2.39. The van der Waals surface area contributed by atoms with E-state index >= 15 is 0 Å². The monoisotopic (exact) mass is 600 g/mol. The van der Waals surface area contributed by atoms with E-state index in [1.165, 1.54) is 4.90 Å². The van der Waals surface area contributed by atoms with Crippen LogP contribution in [-0.2, 0) is 25.3 Å². The molecule has 0 spiro atoms. The molecule has 226 valence electrons. The standard InChI is InChI=1S/C33H30F6N2O2/c1-43-30-12-11-22(28-9-5-6-10-29(28)30)20-40-26-13-14-41(27(19-26)15-21-7-3-2-4-8-21)31(42)23-16-24(32(34,35)36)18-25(17-23)33(37,38)39/h2-12,16-18,26-27,40H,13-15,19-20H2,1H3/t26-,27-/m0/s1. The van der Waals surface area contributed by atoms with Gasteiger partial charge in [0.15, 0.2) is 0 Å². The molecule has 1 aliphatic heterocycles. The topological polar surface area (TPSA) is 41.6 Å². The van der Waals surface area contributed by atoms with Gasteiger partial charge in [-0.15, -0.1) is 0 Å². The molecule has 0 aromatic heterocycles. The first-order valence-electron chi connectivity index (χ1n) is 13.9. The zero-order chi connectivity index (χ0) is 30.8. The molecule has 0 aliphatic carbocycles. The highest BCUT2D eigenvalue weighted by molar-refractivity contribution is 5.95. The van der Waals surface area contributed by atoms with Crippen LogP contribution in [0.5, 0.6) is 5.75 Å². The van der Waals surface area contributed by atoms with Crippen molar-refractivity contribution in [1.29, 1.82) is 0 Å². The number of likely N-dealkylation sites (tertiary alicyclic amines) is 1. The predicted molar refractivity (Wildman–Crippen MR) is 152 cm³/mol. The number of piperidine rings is 1. The fraction of sp³-hybridized carbons (Fsp3) is 0.303. The molecule has 0 saturated carbocycles. The summed E-state index contributed by atoms with van der Waals surface area (Å²) in [5.41, 5.74) is -1.68. The molecule has 43 heavy (non-hydrogen) atoms. The van der Waals surface area contributed by atoms with E-state index in [1.807, 2.05) is 66.7 Å². The second-order valence-electron chi connectivity index (χ2n) is 10.7. The number of methoxy groups -OCH3 is 1. The molecule has 1 heterocycles. The third kappa shape index (κ3) is 6.96. The van der Waals surface area contributed by atoms with Crippen LogP contribution in [0.4, 0.5) is 26.3 Å². The van der Waals surface area contributed by atoms with Crippen molar-refractivity contribution in [3.8, 4) is 5.75 Å². The molecule has 0 bridgehead atoms. The van der Waals surface area contributed by atoms with Gasteiger partial charge in [0.1, 0.15) is 5.75 Å². The number of nitrogens with zero attached hydrogens (tertiary/aromatic N) is 1. The zero-order valence-electron chi connectivity index (χ0n) is 23.3. The van der Waals surface area contributed by atoms with Crippen LogP contribution in [-0.4, -0.2) is 36.5 Å². The number of hydrogen-bond donors (Lipinski definition) is 1. The normalized spacial score (nSPS) is 17.7. The minimum atomic E-state index is -5.04. The number of carbonyl (C=O) groups is 1. The lowest BCUT2D eigenvalue weighted by Crippen LogP contribution is -2.51. The fourth-order valence-electron chi connectivity index (χ4n) is 5.75. The summed E-state index contributed by atoms with van der Waals surface area (Å²) in [6, 6.07) is 21.6. The highest BCUT2D eigenvalue weighted by Crippen LogP contribution is 2.37. The number of halogens is 6. The van der Waals surface area contributed by atoms with Gasteiger partial charge in [0, 0.05) is 36.1 Å². The van der Waals surface area contributed by atoms with Crippen LogP contribution in [0.15, 0.2) is 84.9 Å². The maximum atomic E-state index is 13.6. The first-order valence-corrected chi connectivity index (χ1v) is 13.9. The predicted octanol–water partition coefficient (Wildman–Crippen LogP) is 7.89. The Morgan fingerprint density at radius 3 is 2.12 bits per heavy atom. The van der Waals surface area contributed by atoms with Crippen LogP contribution < -0.4 is 10.1 Å². The van der Waals surface area contributed by atoms with Crippen LogP contribution in [0, 0.1) is 0 Å². The molecule has 2 atom stereocenters. The molecule has 1 saturated heterocycles. The molecular weight excluding hydrogens is 570 g/mol. The molecule has 1 N–H and O–H groups in total. The molecule has 1 aliphatic rings. The van der Waals surface area contributed by atoms with Crippen molar-refractivity contribution in [2.45, 2.75) is 50.2 Å². The molecule has 10 heteroatoms. The summed E-state index contributed by atoms with van der Waals surface area (Å²) < 4.78 is 86.6. The number of ether oxygens (including phenoxy) is 1. The summed E-state index contributed by atoms with van der Waals surface area (Å²) in [6.45, 7) is 0.707. The van der Waals surface area contributed by atoms with Gasteiger partial charge in [-0.1, -0.05) is 60.7 Å². The van der Waals surface area contributed by atoms with Crippen LogP contribution >= 0.6 is 0 Å². The van der Waals surface area contributed by atoms with E-state index < -0.39 is 41.0 Å². The number of fused-ring (bicyclic) bond motifs is 1. The Balaban J connectivity index is 1.40. The number of alkyl halides is 6. The minimum absolute atomic E-state index is 0.0362. The minimum Gasteiger partial charge on any atom is -0.496 e. The van der Waals surface area contributed by atoms with Gasteiger partial charge in [-0.05, 0) is 60.0 Å². The van der Waals surface area contributed by atoms with Gasteiger partial charge in [0.05, 0.1) is 18.2 Å². The van der Waals surface area contributed by atoms with Crippen molar-refractivity contribution >= 4 is 16.7 Å². The van der Waals surface area contributed by atoms with E-state index in [2.05, 4.69) is 5.32 Å². The largest absolute Gasteiger partial charge is 0.496 e. The lowest BCUT2D eigenvalue weighted by Gasteiger charge is -2.40. The number of rotatable bonds is 7. The SMILES string of the molecule is COc1ccc(CN[C@H]2CCN(C(=O)c3cc(C(F)(F)F)cc(C(F)(F)F)c3)[C@@H](Cc3ccccc3)C2)c2ccccc12. The van der Waals surface area contributed by atoms with Crippen molar-refractivity contribution in [3.63, 3.8) is 0 Å². The zero-order valence-corrected chi connectivity index (χ0v) is 23.3. The Morgan fingerprint density at radius 1 is 0.860 bits per heavy atom. The Morgan fingerprint density at radius 2 is 1.49 bits per heavy atom. The Hall–Kier alpha value is -4.05.